The number of aromatic nitrogens is 1. The first-order valence-corrected chi connectivity index (χ1v) is 9.69. The van der Waals surface area contributed by atoms with Crippen molar-refractivity contribution in [2.45, 2.75) is 13.8 Å². The van der Waals surface area contributed by atoms with Crippen LogP contribution in [-0.4, -0.2) is 23.3 Å². The Hall–Kier alpha value is -2.99. The Bertz CT molecular complexity index is 988. The molecule has 1 aromatic heterocycles. The molecule has 2 amide bonds. The summed E-state index contributed by atoms with van der Waals surface area (Å²) in [6.45, 7) is 4.27. The van der Waals surface area contributed by atoms with Crippen molar-refractivity contribution in [3.63, 3.8) is 0 Å². The molecule has 28 heavy (non-hydrogen) atoms. The van der Waals surface area contributed by atoms with Crippen molar-refractivity contribution in [2.75, 3.05) is 16.8 Å². The third-order valence-corrected chi connectivity index (χ3v) is 4.79. The molecule has 3 aromatic rings. The number of nitrogens with zero attached hydrogens (tertiary/aromatic N) is 2. The van der Waals surface area contributed by atoms with Crippen LogP contribution in [0, 0.1) is 6.92 Å². The highest BCUT2D eigenvalue weighted by molar-refractivity contribution is 9.10. The molecule has 0 radical (unpaired) electrons. The van der Waals surface area contributed by atoms with Gasteiger partial charge in [-0.3, -0.25) is 14.5 Å². The molecule has 0 fully saturated rings. The van der Waals surface area contributed by atoms with E-state index in [4.69, 9.17) is 0 Å². The van der Waals surface area contributed by atoms with Gasteiger partial charge in [-0.25, -0.2) is 4.98 Å². The summed E-state index contributed by atoms with van der Waals surface area (Å²) < 4.78 is 0.848. The molecule has 3 rings (SSSR count). The molecule has 5 nitrogen and oxygen atoms in total. The van der Waals surface area contributed by atoms with Crippen LogP contribution in [0.1, 0.15) is 33.2 Å². The zero-order valence-electron chi connectivity index (χ0n) is 15.6. The number of nitrogens with one attached hydrogen (secondary N) is 1. The van der Waals surface area contributed by atoms with Crippen LogP contribution in [0.4, 0.5) is 11.5 Å². The third kappa shape index (κ3) is 4.46. The summed E-state index contributed by atoms with van der Waals surface area (Å²) in [5.41, 5.74) is 2.54. The Balaban J connectivity index is 1.86. The van der Waals surface area contributed by atoms with Gasteiger partial charge in [-0.05, 0) is 71.7 Å². The van der Waals surface area contributed by atoms with Gasteiger partial charge in [-0.15, -0.1) is 0 Å². The van der Waals surface area contributed by atoms with Gasteiger partial charge in [0.25, 0.3) is 11.8 Å². The molecule has 0 spiro atoms. The molecular weight excluding hydrogens is 418 g/mol. The zero-order chi connectivity index (χ0) is 20.1. The number of anilines is 2. The fraction of sp³-hybridized carbons (Fsp3) is 0.136. The normalized spacial score (nSPS) is 10.4. The lowest BCUT2D eigenvalue weighted by atomic mass is 10.1. The van der Waals surface area contributed by atoms with Gasteiger partial charge in [0.1, 0.15) is 5.82 Å². The van der Waals surface area contributed by atoms with E-state index >= 15 is 0 Å². The molecule has 1 heterocycles. The number of carbonyl (C=O) groups excluding carboxylic acids is 2. The van der Waals surface area contributed by atoms with Gasteiger partial charge in [0.05, 0.1) is 0 Å². The van der Waals surface area contributed by atoms with E-state index in [1.165, 1.54) is 0 Å². The molecule has 6 heteroatoms. The van der Waals surface area contributed by atoms with E-state index in [2.05, 4.69) is 26.2 Å². The van der Waals surface area contributed by atoms with E-state index in [0.29, 0.717) is 29.2 Å². The largest absolute Gasteiger partial charge is 0.322 e. The van der Waals surface area contributed by atoms with Crippen LogP contribution in [0.2, 0.25) is 0 Å². The van der Waals surface area contributed by atoms with Crippen molar-refractivity contribution < 1.29 is 9.59 Å². The molecular formula is C22H20BrN3O2. The van der Waals surface area contributed by atoms with Crippen LogP contribution >= 0.6 is 15.9 Å². The standard InChI is InChI=1S/C22H20BrN3O2/c1-3-26(20-12-11-18(23)14-24-20)22(28)17-10-9-15(2)19(13-17)25-21(27)16-7-5-4-6-8-16/h4-14H,3H2,1-2H3,(H,25,27). The van der Waals surface area contributed by atoms with E-state index in [0.717, 1.165) is 10.0 Å². The quantitative estimate of drug-likeness (QED) is 0.605. The Morgan fingerprint density at radius 1 is 1.04 bits per heavy atom. The van der Waals surface area contributed by atoms with Crippen LogP contribution in [-0.2, 0) is 0 Å². The van der Waals surface area contributed by atoms with Crippen molar-refractivity contribution in [3.8, 4) is 0 Å². The van der Waals surface area contributed by atoms with Crippen LogP contribution in [0.25, 0.3) is 0 Å². The zero-order valence-corrected chi connectivity index (χ0v) is 17.2. The summed E-state index contributed by atoms with van der Waals surface area (Å²) in [7, 11) is 0. The monoisotopic (exact) mass is 437 g/mol. The lowest BCUT2D eigenvalue weighted by molar-refractivity contribution is 0.0985. The number of rotatable bonds is 5. The fourth-order valence-electron chi connectivity index (χ4n) is 2.77. The van der Waals surface area contributed by atoms with Crippen LogP contribution < -0.4 is 10.2 Å². The lowest BCUT2D eigenvalue weighted by Crippen LogP contribution is -2.31. The van der Waals surface area contributed by atoms with E-state index in [1.807, 2.05) is 44.2 Å². The minimum atomic E-state index is -0.213. The number of halogens is 1. The molecule has 2 aromatic carbocycles. The van der Waals surface area contributed by atoms with E-state index in [9.17, 15) is 9.59 Å². The molecule has 0 aliphatic heterocycles. The summed E-state index contributed by atoms with van der Waals surface area (Å²) in [6.07, 6.45) is 1.66. The second-order valence-electron chi connectivity index (χ2n) is 6.23. The predicted octanol–water partition coefficient (Wildman–Crippen LogP) is 5.07. The van der Waals surface area contributed by atoms with Crippen molar-refractivity contribution in [1.82, 2.24) is 4.98 Å². The minimum absolute atomic E-state index is 0.174. The Labute approximate surface area is 172 Å². The summed E-state index contributed by atoms with van der Waals surface area (Å²) in [5.74, 6) is 0.189. The third-order valence-electron chi connectivity index (χ3n) is 4.32. The summed E-state index contributed by atoms with van der Waals surface area (Å²) >= 11 is 3.35. The maximum Gasteiger partial charge on any atom is 0.259 e. The van der Waals surface area contributed by atoms with Crippen molar-refractivity contribution >= 4 is 39.2 Å². The first kappa shape index (κ1) is 19.8. The summed E-state index contributed by atoms with van der Waals surface area (Å²) in [4.78, 5) is 31.4. The first-order valence-electron chi connectivity index (χ1n) is 8.90. The predicted molar refractivity (Wildman–Crippen MR) is 115 cm³/mol. The first-order chi connectivity index (χ1) is 13.5. The second kappa shape index (κ2) is 8.80. The molecule has 0 saturated carbocycles. The number of hydrogen-bond donors (Lipinski definition) is 1. The molecule has 0 saturated heterocycles. The van der Waals surface area contributed by atoms with Gasteiger partial charge < -0.3 is 5.32 Å². The summed E-state index contributed by atoms with van der Waals surface area (Å²) in [6, 6.07) is 17.9. The average Bonchev–Trinajstić information content (AvgIpc) is 2.72. The van der Waals surface area contributed by atoms with E-state index < -0.39 is 0 Å². The molecule has 0 atom stereocenters. The van der Waals surface area contributed by atoms with E-state index in [1.54, 1.807) is 41.4 Å². The molecule has 0 unspecified atom stereocenters. The number of amides is 2. The van der Waals surface area contributed by atoms with Gasteiger partial charge in [0.2, 0.25) is 0 Å². The second-order valence-corrected chi connectivity index (χ2v) is 7.15. The maximum absolute atomic E-state index is 13.0. The van der Waals surface area contributed by atoms with Crippen LogP contribution in [0.3, 0.4) is 0 Å². The highest BCUT2D eigenvalue weighted by atomic mass is 79.9. The lowest BCUT2D eigenvalue weighted by Gasteiger charge is -2.20. The highest BCUT2D eigenvalue weighted by Gasteiger charge is 2.18. The fourth-order valence-corrected chi connectivity index (χ4v) is 3.00. The molecule has 0 bridgehead atoms. The van der Waals surface area contributed by atoms with Gasteiger partial charge in [0.15, 0.2) is 0 Å². The Morgan fingerprint density at radius 2 is 1.79 bits per heavy atom. The maximum atomic E-state index is 13.0. The number of aryl methyl sites for hydroxylation is 1. The minimum Gasteiger partial charge on any atom is -0.322 e. The number of benzene rings is 2. The van der Waals surface area contributed by atoms with Gasteiger partial charge >= 0.3 is 0 Å². The number of pyridine rings is 1. The van der Waals surface area contributed by atoms with Crippen molar-refractivity contribution in [3.05, 3.63) is 88.0 Å². The SMILES string of the molecule is CCN(C(=O)c1ccc(C)c(NC(=O)c2ccccc2)c1)c1ccc(Br)cn1. The van der Waals surface area contributed by atoms with E-state index in [-0.39, 0.29) is 11.8 Å². The average molecular weight is 438 g/mol. The molecule has 0 aliphatic carbocycles. The Kier molecular flexibility index (Phi) is 6.21. The summed E-state index contributed by atoms with van der Waals surface area (Å²) in [5, 5.41) is 2.89. The van der Waals surface area contributed by atoms with Crippen LogP contribution in [0.15, 0.2) is 71.3 Å². The molecule has 1 N–H and O–H groups in total. The van der Waals surface area contributed by atoms with Gasteiger partial charge in [0, 0.05) is 34.0 Å². The smallest absolute Gasteiger partial charge is 0.259 e. The van der Waals surface area contributed by atoms with Gasteiger partial charge in [-0.2, -0.15) is 0 Å². The Morgan fingerprint density at radius 3 is 2.43 bits per heavy atom. The van der Waals surface area contributed by atoms with Crippen LogP contribution in [0.5, 0.6) is 0 Å². The topological polar surface area (TPSA) is 62.3 Å². The van der Waals surface area contributed by atoms with Crippen molar-refractivity contribution in [2.24, 2.45) is 0 Å². The van der Waals surface area contributed by atoms with Crippen molar-refractivity contribution in [1.29, 1.82) is 0 Å². The number of hydrogen-bond acceptors (Lipinski definition) is 3. The molecule has 142 valence electrons. The highest BCUT2D eigenvalue weighted by Crippen LogP contribution is 2.22. The molecule has 0 aliphatic rings. The van der Waals surface area contributed by atoms with Gasteiger partial charge in [-0.1, -0.05) is 24.3 Å². The number of carbonyl (C=O) groups is 2.